The Kier molecular flexibility index (Phi) is 4.38. The highest BCUT2D eigenvalue weighted by atomic mass is 127. The molecule has 0 saturated carbocycles. The molecule has 1 aliphatic rings. The molecule has 1 unspecified atom stereocenters. The van der Waals surface area contributed by atoms with Gasteiger partial charge in [0.1, 0.15) is 0 Å². The summed E-state index contributed by atoms with van der Waals surface area (Å²) in [6.45, 7) is 1.09. The van der Waals surface area contributed by atoms with E-state index in [4.69, 9.17) is 0 Å². The van der Waals surface area contributed by atoms with E-state index < -0.39 is 0 Å². The molecular weight excluding hydrogens is 373 g/mol. The van der Waals surface area contributed by atoms with Gasteiger partial charge in [0.2, 0.25) is 0 Å². The van der Waals surface area contributed by atoms with E-state index in [1.165, 1.54) is 27.7 Å². The summed E-state index contributed by atoms with van der Waals surface area (Å²) in [7, 11) is 0. The molecule has 0 radical (unpaired) electrons. The lowest BCUT2D eigenvalue weighted by molar-refractivity contribution is 0.467. The van der Waals surface area contributed by atoms with Crippen molar-refractivity contribution in [3.05, 3.63) is 41.8 Å². The molecule has 0 spiro atoms. The number of thiophene rings is 2. The van der Waals surface area contributed by atoms with Crippen LogP contribution in [0.4, 0.5) is 0 Å². The number of fused-ring (bicyclic) bond motifs is 1. The van der Waals surface area contributed by atoms with Crippen molar-refractivity contribution in [3.8, 4) is 0 Å². The zero-order valence-corrected chi connectivity index (χ0v) is 13.9. The molecule has 0 bridgehead atoms. The second kappa shape index (κ2) is 6.03. The summed E-state index contributed by atoms with van der Waals surface area (Å²) in [5, 5.41) is 8.15. The Hall–Kier alpha value is 0.0900. The van der Waals surface area contributed by atoms with Gasteiger partial charge in [-0.2, -0.15) is 11.3 Å². The molecule has 1 N–H and O–H groups in total. The lowest BCUT2D eigenvalue weighted by atomic mass is 9.94. The van der Waals surface area contributed by atoms with Crippen molar-refractivity contribution in [2.24, 2.45) is 0 Å². The van der Waals surface area contributed by atoms with Gasteiger partial charge in [0, 0.05) is 10.9 Å². The predicted octanol–water partition coefficient (Wildman–Crippen LogP) is 4.62. The van der Waals surface area contributed by atoms with Crippen molar-refractivity contribution in [2.45, 2.75) is 31.7 Å². The highest BCUT2D eigenvalue weighted by Gasteiger charge is 2.21. The Morgan fingerprint density at radius 3 is 3.22 bits per heavy atom. The summed E-state index contributed by atoms with van der Waals surface area (Å²) >= 11 is 6.21. The SMILES string of the molecule is Ic1cc2c(s1)CCCC2NCCc1ccsc1. The van der Waals surface area contributed by atoms with Gasteiger partial charge in [-0.05, 0) is 88.8 Å². The van der Waals surface area contributed by atoms with E-state index in [0.717, 1.165) is 13.0 Å². The van der Waals surface area contributed by atoms with Gasteiger partial charge in [-0.3, -0.25) is 0 Å². The number of aryl methyl sites for hydroxylation is 1. The molecule has 1 atom stereocenters. The third-order valence-corrected chi connectivity index (χ3v) is 6.17. The van der Waals surface area contributed by atoms with Gasteiger partial charge in [-0.25, -0.2) is 0 Å². The van der Waals surface area contributed by atoms with Crippen LogP contribution in [0.2, 0.25) is 0 Å². The topological polar surface area (TPSA) is 12.0 Å². The van der Waals surface area contributed by atoms with E-state index in [1.807, 2.05) is 11.3 Å². The van der Waals surface area contributed by atoms with E-state index in [1.54, 1.807) is 21.8 Å². The monoisotopic (exact) mass is 389 g/mol. The van der Waals surface area contributed by atoms with Crippen molar-refractivity contribution < 1.29 is 0 Å². The highest BCUT2D eigenvalue weighted by Crippen LogP contribution is 2.36. The average Bonchev–Trinajstić information content (AvgIpc) is 2.97. The van der Waals surface area contributed by atoms with Crippen molar-refractivity contribution >= 4 is 45.3 Å². The smallest absolute Gasteiger partial charge is 0.0659 e. The lowest BCUT2D eigenvalue weighted by Crippen LogP contribution is -2.26. The molecule has 18 heavy (non-hydrogen) atoms. The molecule has 2 aromatic heterocycles. The number of halogens is 1. The summed E-state index contributed by atoms with van der Waals surface area (Å²) < 4.78 is 1.43. The minimum atomic E-state index is 0.590. The molecule has 96 valence electrons. The van der Waals surface area contributed by atoms with Crippen LogP contribution >= 0.6 is 45.3 Å². The molecule has 0 saturated heterocycles. The van der Waals surface area contributed by atoms with Crippen molar-refractivity contribution in [2.75, 3.05) is 6.54 Å². The number of nitrogens with one attached hydrogen (secondary N) is 1. The normalized spacial score (nSPS) is 18.8. The minimum absolute atomic E-state index is 0.590. The Balaban J connectivity index is 1.60. The van der Waals surface area contributed by atoms with Crippen LogP contribution in [-0.2, 0) is 12.8 Å². The predicted molar refractivity (Wildman–Crippen MR) is 88.7 cm³/mol. The van der Waals surface area contributed by atoms with E-state index in [2.05, 4.69) is 50.8 Å². The Morgan fingerprint density at radius 2 is 2.39 bits per heavy atom. The standard InChI is InChI=1S/C14H16INS2/c15-14-8-11-12(2-1-3-13(11)18-14)16-6-4-10-5-7-17-9-10/h5,7-9,12,16H,1-4,6H2. The molecule has 2 aromatic rings. The third-order valence-electron chi connectivity index (χ3n) is 3.47. The molecule has 0 aliphatic heterocycles. The van der Waals surface area contributed by atoms with Gasteiger partial charge >= 0.3 is 0 Å². The fourth-order valence-electron chi connectivity index (χ4n) is 2.56. The van der Waals surface area contributed by atoms with Crippen LogP contribution in [-0.4, -0.2) is 6.54 Å². The van der Waals surface area contributed by atoms with Gasteiger partial charge in [0.05, 0.1) is 2.88 Å². The number of rotatable bonds is 4. The van der Waals surface area contributed by atoms with Crippen molar-refractivity contribution in [1.82, 2.24) is 5.32 Å². The van der Waals surface area contributed by atoms with Crippen LogP contribution in [0.25, 0.3) is 0 Å². The molecule has 3 rings (SSSR count). The molecule has 2 heterocycles. The van der Waals surface area contributed by atoms with Gasteiger partial charge in [-0.15, -0.1) is 11.3 Å². The quantitative estimate of drug-likeness (QED) is 0.753. The summed E-state index contributed by atoms with van der Waals surface area (Å²) in [4.78, 5) is 1.61. The maximum Gasteiger partial charge on any atom is 0.0659 e. The minimum Gasteiger partial charge on any atom is -0.310 e. The summed E-state index contributed by atoms with van der Waals surface area (Å²) in [6, 6.07) is 5.20. The van der Waals surface area contributed by atoms with Crippen LogP contribution in [0.1, 0.15) is 34.9 Å². The van der Waals surface area contributed by atoms with Gasteiger partial charge in [0.15, 0.2) is 0 Å². The fourth-order valence-corrected chi connectivity index (χ4v) is 5.38. The van der Waals surface area contributed by atoms with E-state index in [-0.39, 0.29) is 0 Å². The van der Waals surface area contributed by atoms with Crippen molar-refractivity contribution in [3.63, 3.8) is 0 Å². The fraction of sp³-hybridized carbons (Fsp3) is 0.429. The number of hydrogen-bond acceptors (Lipinski definition) is 3. The van der Waals surface area contributed by atoms with Crippen molar-refractivity contribution in [1.29, 1.82) is 0 Å². The average molecular weight is 389 g/mol. The molecule has 1 nitrogen and oxygen atoms in total. The zero-order chi connectivity index (χ0) is 12.4. The number of hydrogen-bond donors (Lipinski definition) is 1. The van der Waals surface area contributed by atoms with Gasteiger partial charge in [-0.1, -0.05) is 0 Å². The lowest BCUT2D eigenvalue weighted by Gasteiger charge is -2.23. The molecule has 1 aliphatic carbocycles. The first kappa shape index (κ1) is 13.1. The molecule has 0 fully saturated rings. The van der Waals surface area contributed by atoms with Gasteiger partial charge < -0.3 is 5.32 Å². The first-order valence-corrected chi connectivity index (χ1v) is 9.19. The first-order chi connectivity index (χ1) is 8.83. The van der Waals surface area contributed by atoms with E-state index in [9.17, 15) is 0 Å². The second-order valence-electron chi connectivity index (χ2n) is 4.71. The van der Waals surface area contributed by atoms with E-state index >= 15 is 0 Å². The summed E-state index contributed by atoms with van der Waals surface area (Å²) in [5.74, 6) is 0. The molecule has 0 amide bonds. The van der Waals surface area contributed by atoms with E-state index in [0.29, 0.717) is 6.04 Å². The Labute approximate surface area is 130 Å². The first-order valence-electron chi connectivity index (χ1n) is 6.35. The maximum atomic E-state index is 3.74. The van der Waals surface area contributed by atoms with Gasteiger partial charge in [0.25, 0.3) is 0 Å². The maximum absolute atomic E-state index is 3.74. The largest absolute Gasteiger partial charge is 0.310 e. The van der Waals surface area contributed by atoms with Crippen LogP contribution in [0.15, 0.2) is 22.9 Å². The molecule has 0 aromatic carbocycles. The molecule has 4 heteroatoms. The van der Waals surface area contributed by atoms with Crippen LogP contribution < -0.4 is 5.32 Å². The summed E-state index contributed by atoms with van der Waals surface area (Å²) in [5.41, 5.74) is 3.03. The highest BCUT2D eigenvalue weighted by molar-refractivity contribution is 14.1. The van der Waals surface area contributed by atoms with Crippen LogP contribution in [0, 0.1) is 2.88 Å². The van der Waals surface area contributed by atoms with Crippen LogP contribution in [0.5, 0.6) is 0 Å². The second-order valence-corrected chi connectivity index (χ2v) is 8.52. The third kappa shape index (κ3) is 2.98. The Bertz CT molecular complexity index is 504. The Morgan fingerprint density at radius 1 is 1.44 bits per heavy atom. The zero-order valence-electron chi connectivity index (χ0n) is 10.1. The molecular formula is C14H16INS2. The van der Waals surface area contributed by atoms with Crippen LogP contribution in [0.3, 0.4) is 0 Å². The summed E-state index contributed by atoms with van der Waals surface area (Å²) in [6.07, 6.45) is 5.06.